The van der Waals surface area contributed by atoms with Gasteiger partial charge in [0.15, 0.2) is 0 Å². The van der Waals surface area contributed by atoms with Crippen molar-refractivity contribution in [1.82, 2.24) is 0 Å². The third kappa shape index (κ3) is 4.84. The van der Waals surface area contributed by atoms with Gasteiger partial charge in [-0.3, -0.25) is 0 Å². The Labute approximate surface area is 200 Å². The van der Waals surface area contributed by atoms with Crippen LogP contribution in [-0.4, -0.2) is 10.2 Å². The van der Waals surface area contributed by atoms with Gasteiger partial charge in [0.2, 0.25) is 0 Å². The van der Waals surface area contributed by atoms with Crippen LogP contribution in [0.1, 0.15) is 59.5 Å². The first-order valence-corrected chi connectivity index (χ1v) is 11.7. The molecule has 4 heteroatoms. The van der Waals surface area contributed by atoms with Gasteiger partial charge in [0.05, 0.1) is 12.2 Å². The van der Waals surface area contributed by atoms with Crippen LogP contribution in [0.5, 0.6) is 11.5 Å². The molecule has 0 saturated heterocycles. The minimum atomic E-state index is -0.440. The van der Waals surface area contributed by atoms with Crippen molar-refractivity contribution in [2.75, 3.05) is 0 Å². The molecule has 2 heterocycles. The molecule has 0 bridgehead atoms. The standard InChI is InChI=1S/2C15H14O2/c2*16-13-10-15(11-6-2-1-3-7-11)17-14-9-5-4-8-12(13)14/h2*1-9,13,15-16H,10H2. The molecule has 0 aliphatic carbocycles. The number of rotatable bonds is 2. The number of aliphatic hydroxyl groups excluding tert-OH is 2. The summed E-state index contributed by atoms with van der Waals surface area (Å²) >= 11 is 0. The van der Waals surface area contributed by atoms with Crippen molar-refractivity contribution >= 4 is 0 Å². The lowest BCUT2D eigenvalue weighted by Gasteiger charge is -2.29. The van der Waals surface area contributed by atoms with Gasteiger partial charge in [-0.05, 0) is 23.3 Å². The highest BCUT2D eigenvalue weighted by molar-refractivity contribution is 5.39. The molecule has 0 fully saturated rings. The van der Waals surface area contributed by atoms with E-state index in [-0.39, 0.29) is 12.2 Å². The maximum Gasteiger partial charge on any atom is 0.127 e. The molecule has 4 aromatic rings. The Morgan fingerprint density at radius 3 is 1.24 bits per heavy atom. The molecule has 2 aliphatic heterocycles. The Morgan fingerprint density at radius 2 is 0.824 bits per heavy atom. The van der Waals surface area contributed by atoms with Crippen molar-refractivity contribution in [1.29, 1.82) is 0 Å². The van der Waals surface area contributed by atoms with Gasteiger partial charge in [0.1, 0.15) is 23.7 Å². The first kappa shape index (κ1) is 22.2. The molecule has 2 N–H and O–H groups in total. The zero-order chi connectivity index (χ0) is 23.3. The molecule has 2 aliphatic rings. The highest BCUT2D eigenvalue weighted by atomic mass is 16.5. The van der Waals surface area contributed by atoms with E-state index in [2.05, 4.69) is 0 Å². The number of aliphatic hydroxyl groups is 2. The average Bonchev–Trinajstić information content (AvgIpc) is 2.90. The van der Waals surface area contributed by atoms with E-state index < -0.39 is 12.2 Å². The van der Waals surface area contributed by atoms with Gasteiger partial charge < -0.3 is 19.7 Å². The third-order valence-corrected chi connectivity index (χ3v) is 6.31. The molecule has 6 rings (SSSR count). The van der Waals surface area contributed by atoms with Gasteiger partial charge in [0, 0.05) is 24.0 Å². The Hall–Kier alpha value is -3.60. The molecule has 172 valence electrons. The number of hydrogen-bond donors (Lipinski definition) is 2. The van der Waals surface area contributed by atoms with E-state index in [0.717, 1.165) is 33.8 Å². The molecular weight excluding hydrogens is 424 g/mol. The van der Waals surface area contributed by atoms with Crippen molar-refractivity contribution in [2.45, 2.75) is 37.3 Å². The highest BCUT2D eigenvalue weighted by Crippen LogP contribution is 2.41. The fourth-order valence-corrected chi connectivity index (χ4v) is 4.53. The van der Waals surface area contributed by atoms with E-state index in [0.29, 0.717) is 12.8 Å². The summed E-state index contributed by atoms with van der Waals surface area (Å²) in [4.78, 5) is 0. The van der Waals surface area contributed by atoms with Crippen molar-refractivity contribution in [3.05, 3.63) is 131 Å². The summed E-state index contributed by atoms with van der Waals surface area (Å²) in [7, 11) is 0. The summed E-state index contributed by atoms with van der Waals surface area (Å²) in [6.45, 7) is 0. The zero-order valence-corrected chi connectivity index (χ0v) is 18.8. The maximum absolute atomic E-state index is 10.1. The van der Waals surface area contributed by atoms with Crippen LogP contribution in [0, 0.1) is 0 Å². The van der Waals surface area contributed by atoms with Crippen LogP contribution in [0.3, 0.4) is 0 Å². The largest absolute Gasteiger partial charge is 0.485 e. The molecule has 34 heavy (non-hydrogen) atoms. The summed E-state index contributed by atoms with van der Waals surface area (Å²) in [5.74, 6) is 1.58. The normalized spacial score (nSPS) is 22.6. The van der Waals surface area contributed by atoms with Crippen LogP contribution in [0.25, 0.3) is 0 Å². The van der Waals surface area contributed by atoms with E-state index >= 15 is 0 Å². The van der Waals surface area contributed by atoms with E-state index in [1.807, 2.05) is 109 Å². The Morgan fingerprint density at radius 1 is 0.471 bits per heavy atom. The summed E-state index contributed by atoms with van der Waals surface area (Å²) < 4.78 is 11.9. The maximum atomic E-state index is 10.1. The summed E-state index contributed by atoms with van der Waals surface area (Å²) in [5, 5.41) is 20.2. The molecule has 0 radical (unpaired) electrons. The number of para-hydroxylation sites is 2. The second kappa shape index (κ2) is 10.1. The molecule has 0 spiro atoms. The summed E-state index contributed by atoms with van der Waals surface area (Å²) in [6.07, 6.45) is 0.236. The van der Waals surface area contributed by atoms with Gasteiger partial charge in [-0.25, -0.2) is 0 Å². The summed E-state index contributed by atoms with van der Waals surface area (Å²) in [5.41, 5.74) is 4.00. The lowest BCUT2D eigenvalue weighted by molar-refractivity contribution is 0.0653. The molecule has 0 saturated carbocycles. The Balaban J connectivity index is 0.000000142. The molecule has 4 unspecified atom stereocenters. The molecule has 4 atom stereocenters. The molecular formula is C30H28O4. The lowest BCUT2D eigenvalue weighted by atomic mass is 9.95. The molecule has 0 aromatic heterocycles. The first-order valence-electron chi connectivity index (χ1n) is 11.7. The van der Waals surface area contributed by atoms with Crippen LogP contribution in [-0.2, 0) is 0 Å². The van der Waals surface area contributed by atoms with E-state index in [1.54, 1.807) is 0 Å². The zero-order valence-electron chi connectivity index (χ0n) is 18.8. The van der Waals surface area contributed by atoms with E-state index in [4.69, 9.17) is 9.47 Å². The van der Waals surface area contributed by atoms with Crippen molar-refractivity contribution in [3.63, 3.8) is 0 Å². The minimum absolute atomic E-state index is 0.0545. The molecule has 4 aromatic carbocycles. The van der Waals surface area contributed by atoms with Crippen LogP contribution >= 0.6 is 0 Å². The predicted octanol–water partition coefficient (Wildman–Crippen LogP) is 6.49. The monoisotopic (exact) mass is 452 g/mol. The van der Waals surface area contributed by atoms with Gasteiger partial charge in [-0.15, -0.1) is 0 Å². The van der Waals surface area contributed by atoms with Gasteiger partial charge in [0.25, 0.3) is 0 Å². The van der Waals surface area contributed by atoms with Crippen LogP contribution in [0.2, 0.25) is 0 Å². The minimum Gasteiger partial charge on any atom is -0.485 e. The predicted molar refractivity (Wildman–Crippen MR) is 132 cm³/mol. The molecule has 0 amide bonds. The topological polar surface area (TPSA) is 58.9 Å². The smallest absolute Gasteiger partial charge is 0.127 e. The Bertz CT molecular complexity index is 1110. The number of benzene rings is 4. The number of fused-ring (bicyclic) bond motifs is 2. The lowest BCUT2D eigenvalue weighted by Crippen LogP contribution is -2.18. The number of ether oxygens (including phenoxy) is 2. The Kier molecular flexibility index (Phi) is 6.61. The average molecular weight is 453 g/mol. The second-order valence-electron chi connectivity index (χ2n) is 8.61. The quantitative estimate of drug-likeness (QED) is 0.365. The fraction of sp³-hybridized carbons (Fsp3) is 0.200. The van der Waals surface area contributed by atoms with Crippen molar-refractivity contribution in [2.24, 2.45) is 0 Å². The third-order valence-electron chi connectivity index (χ3n) is 6.31. The summed E-state index contributed by atoms with van der Waals surface area (Å²) in [6, 6.07) is 35.4. The fourth-order valence-electron chi connectivity index (χ4n) is 4.53. The number of hydrogen-bond acceptors (Lipinski definition) is 4. The van der Waals surface area contributed by atoms with E-state index in [1.165, 1.54) is 0 Å². The van der Waals surface area contributed by atoms with Gasteiger partial charge in [-0.1, -0.05) is 97.1 Å². The highest BCUT2D eigenvalue weighted by Gasteiger charge is 2.28. The molecule has 4 nitrogen and oxygen atoms in total. The van der Waals surface area contributed by atoms with Crippen molar-refractivity contribution in [3.8, 4) is 11.5 Å². The van der Waals surface area contributed by atoms with Gasteiger partial charge in [-0.2, -0.15) is 0 Å². The van der Waals surface area contributed by atoms with Gasteiger partial charge >= 0.3 is 0 Å². The van der Waals surface area contributed by atoms with Crippen LogP contribution in [0.4, 0.5) is 0 Å². The van der Waals surface area contributed by atoms with Crippen LogP contribution < -0.4 is 9.47 Å². The SMILES string of the molecule is OC1CC(c2ccccc2)Oc2ccccc21.OC1CC(c2ccccc2)Oc2ccccc21. The van der Waals surface area contributed by atoms with Crippen LogP contribution in [0.15, 0.2) is 109 Å². The van der Waals surface area contributed by atoms with E-state index in [9.17, 15) is 10.2 Å². The second-order valence-corrected chi connectivity index (χ2v) is 8.61. The van der Waals surface area contributed by atoms with Crippen molar-refractivity contribution < 1.29 is 19.7 Å². The first-order chi connectivity index (χ1) is 16.7.